The summed E-state index contributed by atoms with van der Waals surface area (Å²) >= 11 is 0. The topological polar surface area (TPSA) is 29.5 Å². The van der Waals surface area contributed by atoms with Gasteiger partial charge in [0.05, 0.1) is 12.7 Å². The van der Waals surface area contributed by atoms with Gasteiger partial charge in [-0.2, -0.15) is 0 Å². The van der Waals surface area contributed by atoms with Gasteiger partial charge in [-0.25, -0.2) is 0 Å². The molecule has 3 heteroatoms. The van der Waals surface area contributed by atoms with Gasteiger partial charge in [0.15, 0.2) is 0 Å². The summed E-state index contributed by atoms with van der Waals surface area (Å²) in [6.45, 7) is 5.66. The molecule has 63 valence electrons. The van der Waals surface area contributed by atoms with Crippen molar-refractivity contribution in [3.8, 4) is 0 Å². The maximum Gasteiger partial charge on any atom is 0.219 e. The quantitative estimate of drug-likeness (QED) is 0.552. The molecule has 1 amide bonds. The highest BCUT2D eigenvalue weighted by molar-refractivity contribution is 5.73. The largest absolute Gasteiger partial charge is 0.374 e. The van der Waals surface area contributed by atoms with Crippen molar-refractivity contribution in [2.24, 2.45) is 0 Å². The standard InChI is InChI=1S/C8H14NO2/c1-3-8-6-9(7(2)10)4-5-11-8/h3,8H,4-6H2,1-2H3. The first-order valence-corrected chi connectivity index (χ1v) is 3.90. The molecule has 0 aromatic carbocycles. The highest BCUT2D eigenvalue weighted by atomic mass is 16.5. The molecule has 1 fully saturated rings. The van der Waals surface area contributed by atoms with Crippen LogP contribution in [0.4, 0.5) is 0 Å². The average Bonchev–Trinajstić information content (AvgIpc) is 2.05. The van der Waals surface area contributed by atoms with E-state index in [1.165, 1.54) is 0 Å². The molecule has 0 aromatic heterocycles. The Balaban J connectivity index is 2.39. The van der Waals surface area contributed by atoms with Crippen molar-refractivity contribution in [1.82, 2.24) is 4.90 Å². The summed E-state index contributed by atoms with van der Waals surface area (Å²) in [5, 5.41) is 0. The SMILES string of the molecule is C[CH]C1CN(C(C)=O)CCO1. The minimum atomic E-state index is 0.132. The van der Waals surface area contributed by atoms with E-state index in [9.17, 15) is 4.79 Å². The van der Waals surface area contributed by atoms with E-state index < -0.39 is 0 Å². The summed E-state index contributed by atoms with van der Waals surface area (Å²) in [4.78, 5) is 12.7. The van der Waals surface area contributed by atoms with Crippen LogP contribution in [0.3, 0.4) is 0 Å². The highest BCUT2D eigenvalue weighted by Gasteiger charge is 2.20. The van der Waals surface area contributed by atoms with E-state index in [-0.39, 0.29) is 12.0 Å². The monoisotopic (exact) mass is 156 g/mol. The smallest absolute Gasteiger partial charge is 0.219 e. The number of amides is 1. The predicted octanol–water partition coefficient (Wildman–Crippen LogP) is 0.458. The molecular formula is C8H14NO2. The first-order valence-electron chi connectivity index (χ1n) is 3.90. The van der Waals surface area contributed by atoms with E-state index in [1.54, 1.807) is 6.92 Å². The van der Waals surface area contributed by atoms with Gasteiger partial charge < -0.3 is 9.64 Å². The molecule has 0 saturated carbocycles. The van der Waals surface area contributed by atoms with Gasteiger partial charge in [0.25, 0.3) is 0 Å². The Morgan fingerprint density at radius 2 is 2.45 bits per heavy atom. The second kappa shape index (κ2) is 3.72. The predicted molar refractivity (Wildman–Crippen MR) is 42.0 cm³/mol. The van der Waals surface area contributed by atoms with Crippen molar-refractivity contribution in [2.75, 3.05) is 19.7 Å². The van der Waals surface area contributed by atoms with E-state index in [4.69, 9.17) is 4.74 Å². The van der Waals surface area contributed by atoms with Crippen LogP contribution < -0.4 is 0 Å². The molecule has 1 unspecified atom stereocenters. The zero-order valence-electron chi connectivity index (χ0n) is 7.04. The summed E-state index contributed by atoms with van der Waals surface area (Å²) in [6, 6.07) is 0. The second-order valence-corrected chi connectivity index (χ2v) is 2.71. The van der Waals surface area contributed by atoms with Crippen molar-refractivity contribution in [1.29, 1.82) is 0 Å². The van der Waals surface area contributed by atoms with Crippen LogP contribution in [-0.4, -0.2) is 36.6 Å². The summed E-state index contributed by atoms with van der Waals surface area (Å²) in [5.74, 6) is 0.139. The number of carbonyl (C=O) groups excluding carboxylic acids is 1. The first-order chi connectivity index (χ1) is 5.24. The van der Waals surface area contributed by atoms with Crippen LogP contribution in [0.2, 0.25) is 0 Å². The normalized spacial score (nSPS) is 25.3. The van der Waals surface area contributed by atoms with Gasteiger partial charge in [-0.05, 0) is 6.42 Å². The zero-order valence-corrected chi connectivity index (χ0v) is 7.04. The molecular weight excluding hydrogens is 142 g/mol. The third-order valence-corrected chi connectivity index (χ3v) is 1.91. The van der Waals surface area contributed by atoms with Crippen molar-refractivity contribution in [3.05, 3.63) is 6.42 Å². The van der Waals surface area contributed by atoms with Crippen LogP contribution in [-0.2, 0) is 9.53 Å². The van der Waals surface area contributed by atoms with Crippen molar-refractivity contribution in [3.63, 3.8) is 0 Å². The molecule has 0 aliphatic carbocycles. The molecule has 3 nitrogen and oxygen atoms in total. The van der Waals surface area contributed by atoms with E-state index in [1.807, 2.05) is 18.2 Å². The second-order valence-electron chi connectivity index (χ2n) is 2.71. The van der Waals surface area contributed by atoms with Gasteiger partial charge >= 0.3 is 0 Å². The molecule has 11 heavy (non-hydrogen) atoms. The fourth-order valence-corrected chi connectivity index (χ4v) is 1.16. The number of carbonyl (C=O) groups is 1. The Hall–Kier alpha value is -0.570. The fourth-order valence-electron chi connectivity index (χ4n) is 1.16. The van der Waals surface area contributed by atoms with Crippen LogP contribution in [0.25, 0.3) is 0 Å². The van der Waals surface area contributed by atoms with Crippen LogP contribution >= 0.6 is 0 Å². The lowest BCUT2D eigenvalue weighted by molar-refractivity contribution is -0.135. The molecule has 1 atom stereocenters. The molecule has 0 N–H and O–H groups in total. The first kappa shape index (κ1) is 8.53. The van der Waals surface area contributed by atoms with E-state index >= 15 is 0 Å². The number of morpholine rings is 1. The third-order valence-electron chi connectivity index (χ3n) is 1.91. The lowest BCUT2D eigenvalue weighted by Gasteiger charge is -2.31. The van der Waals surface area contributed by atoms with Crippen molar-refractivity contribution < 1.29 is 9.53 Å². The summed E-state index contributed by atoms with van der Waals surface area (Å²) in [5.41, 5.74) is 0. The number of hydrogen-bond acceptors (Lipinski definition) is 2. The maximum absolute atomic E-state index is 10.9. The number of rotatable bonds is 1. The average molecular weight is 156 g/mol. The fraction of sp³-hybridized carbons (Fsp3) is 0.750. The van der Waals surface area contributed by atoms with Gasteiger partial charge in [-0.3, -0.25) is 4.79 Å². The molecule has 0 spiro atoms. The van der Waals surface area contributed by atoms with Crippen molar-refractivity contribution >= 4 is 5.91 Å². The van der Waals surface area contributed by atoms with Gasteiger partial charge in [-0.1, -0.05) is 6.92 Å². The highest BCUT2D eigenvalue weighted by Crippen LogP contribution is 2.06. The van der Waals surface area contributed by atoms with Gasteiger partial charge in [0.2, 0.25) is 5.91 Å². The lowest BCUT2D eigenvalue weighted by atomic mass is 10.2. The Labute approximate surface area is 67.3 Å². The number of hydrogen-bond donors (Lipinski definition) is 0. The third kappa shape index (κ3) is 2.19. The molecule has 1 aliphatic heterocycles. The maximum atomic E-state index is 10.9. The van der Waals surface area contributed by atoms with Crippen LogP contribution in [0.15, 0.2) is 0 Å². The molecule has 0 bridgehead atoms. The van der Waals surface area contributed by atoms with Crippen LogP contribution in [0, 0.1) is 6.42 Å². The molecule has 1 radical (unpaired) electrons. The Kier molecular flexibility index (Phi) is 2.88. The minimum absolute atomic E-state index is 0.132. The molecule has 1 saturated heterocycles. The number of nitrogens with zero attached hydrogens (tertiary/aromatic N) is 1. The summed E-state index contributed by atoms with van der Waals surface area (Å²) < 4.78 is 5.36. The minimum Gasteiger partial charge on any atom is -0.374 e. The Morgan fingerprint density at radius 3 is 3.00 bits per heavy atom. The molecule has 1 heterocycles. The van der Waals surface area contributed by atoms with Gasteiger partial charge in [0.1, 0.15) is 0 Å². The number of ether oxygens (including phenoxy) is 1. The van der Waals surface area contributed by atoms with E-state index in [0.717, 1.165) is 6.54 Å². The van der Waals surface area contributed by atoms with Gasteiger partial charge in [-0.15, -0.1) is 0 Å². The molecule has 1 rings (SSSR count). The van der Waals surface area contributed by atoms with Gasteiger partial charge in [0, 0.05) is 20.0 Å². The van der Waals surface area contributed by atoms with E-state index in [0.29, 0.717) is 13.2 Å². The van der Waals surface area contributed by atoms with Crippen molar-refractivity contribution in [2.45, 2.75) is 20.0 Å². The lowest BCUT2D eigenvalue weighted by Crippen LogP contribution is -2.44. The Bertz CT molecular complexity index is 147. The summed E-state index contributed by atoms with van der Waals surface area (Å²) in [7, 11) is 0. The van der Waals surface area contributed by atoms with Crippen LogP contribution in [0.1, 0.15) is 13.8 Å². The Morgan fingerprint density at radius 1 is 1.73 bits per heavy atom. The molecule has 1 aliphatic rings. The molecule has 0 aromatic rings. The zero-order chi connectivity index (χ0) is 8.27. The summed E-state index contributed by atoms with van der Waals surface area (Å²) in [6.07, 6.45) is 2.11. The van der Waals surface area contributed by atoms with E-state index in [2.05, 4.69) is 0 Å². The van der Waals surface area contributed by atoms with Crippen LogP contribution in [0.5, 0.6) is 0 Å².